The molecule has 10 aromatic carbocycles. The van der Waals surface area contributed by atoms with E-state index in [4.69, 9.17) is 9.97 Å². The van der Waals surface area contributed by atoms with Crippen LogP contribution in [0.25, 0.3) is 133 Å². The van der Waals surface area contributed by atoms with Crippen molar-refractivity contribution in [3.05, 3.63) is 231 Å². The molecule has 13 aromatic rings. The van der Waals surface area contributed by atoms with Crippen molar-refractivity contribution in [3.63, 3.8) is 0 Å². The number of hydrogen-bond donors (Lipinski definition) is 0. The molecule has 0 unspecified atom stereocenters. The molecule has 66 heavy (non-hydrogen) atoms. The Hall–Kier alpha value is -8.86. The van der Waals surface area contributed by atoms with Gasteiger partial charge in [-0.1, -0.05) is 164 Å². The van der Waals surface area contributed by atoms with E-state index in [2.05, 4.69) is 215 Å². The van der Waals surface area contributed by atoms with E-state index in [1.165, 1.54) is 76.7 Å². The number of fused-ring (bicyclic) bond motifs is 10. The highest BCUT2D eigenvalue weighted by Gasteiger charge is 2.26. The fourth-order valence-corrected chi connectivity index (χ4v) is 10.7. The summed E-state index contributed by atoms with van der Waals surface area (Å²) in [5.41, 5.74) is 19.4. The van der Waals surface area contributed by atoms with Gasteiger partial charge in [-0.25, -0.2) is 9.97 Å². The molecule has 1 aliphatic rings. The van der Waals surface area contributed by atoms with E-state index in [-0.39, 0.29) is 0 Å². The molecule has 0 aliphatic heterocycles. The lowest BCUT2D eigenvalue weighted by Gasteiger charge is -2.12. The Kier molecular flexibility index (Phi) is 7.95. The molecule has 0 N–H and O–H groups in total. The minimum absolute atomic E-state index is 0.705. The van der Waals surface area contributed by atoms with E-state index in [1.54, 1.807) is 0 Å². The van der Waals surface area contributed by atoms with E-state index < -0.39 is 0 Å². The quantitative estimate of drug-likeness (QED) is 0.167. The molecule has 0 spiro atoms. The van der Waals surface area contributed by atoms with Crippen LogP contribution < -0.4 is 0 Å². The van der Waals surface area contributed by atoms with Gasteiger partial charge in [-0.15, -0.1) is 0 Å². The third-order valence-electron chi connectivity index (χ3n) is 13.6. The van der Waals surface area contributed by atoms with Crippen LogP contribution in [0.15, 0.2) is 231 Å². The van der Waals surface area contributed by atoms with Crippen molar-refractivity contribution >= 4 is 54.4 Å². The van der Waals surface area contributed by atoms with Crippen molar-refractivity contribution in [2.75, 3.05) is 0 Å². The molecule has 0 amide bonds. The van der Waals surface area contributed by atoms with Crippen LogP contribution in [0.1, 0.15) is 0 Å². The summed E-state index contributed by atoms with van der Waals surface area (Å²) in [6.07, 6.45) is 0. The molecule has 0 fully saturated rings. The first-order valence-corrected chi connectivity index (χ1v) is 22.6. The fourth-order valence-electron chi connectivity index (χ4n) is 10.7. The highest BCUT2D eigenvalue weighted by molar-refractivity contribution is 6.29. The second-order valence-corrected chi connectivity index (χ2v) is 17.3. The molecule has 4 heteroatoms. The molecule has 1 aliphatic carbocycles. The van der Waals surface area contributed by atoms with Crippen molar-refractivity contribution in [1.82, 2.24) is 19.1 Å². The van der Waals surface area contributed by atoms with Crippen molar-refractivity contribution in [1.29, 1.82) is 0 Å². The number of rotatable bonds is 6. The third-order valence-corrected chi connectivity index (χ3v) is 13.6. The Balaban J connectivity index is 0.936. The van der Waals surface area contributed by atoms with Gasteiger partial charge < -0.3 is 9.13 Å². The van der Waals surface area contributed by atoms with Gasteiger partial charge in [0.25, 0.3) is 0 Å². The Morgan fingerprint density at radius 1 is 0.258 bits per heavy atom. The normalized spacial score (nSPS) is 11.9. The summed E-state index contributed by atoms with van der Waals surface area (Å²) in [5, 5.41) is 7.60. The van der Waals surface area contributed by atoms with Gasteiger partial charge in [0.2, 0.25) is 0 Å². The summed E-state index contributed by atoms with van der Waals surface area (Å²) < 4.78 is 4.85. The molecule has 4 nitrogen and oxygen atoms in total. The molecule has 14 rings (SSSR count). The Bertz CT molecular complexity index is 4030. The smallest absolute Gasteiger partial charge is 0.160 e. The minimum atomic E-state index is 0.705. The van der Waals surface area contributed by atoms with Crippen LogP contribution in [0.3, 0.4) is 0 Å². The Morgan fingerprint density at radius 2 is 0.788 bits per heavy atom. The maximum absolute atomic E-state index is 5.17. The summed E-state index contributed by atoms with van der Waals surface area (Å²) in [7, 11) is 0. The van der Waals surface area contributed by atoms with Crippen molar-refractivity contribution in [3.8, 4) is 78.7 Å². The van der Waals surface area contributed by atoms with E-state index >= 15 is 0 Å². The van der Waals surface area contributed by atoms with E-state index in [1.807, 2.05) is 24.3 Å². The van der Waals surface area contributed by atoms with Crippen molar-refractivity contribution in [2.45, 2.75) is 0 Å². The largest absolute Gasteiger partial charge is 0.309 e. The zero-order valence-corrected chi connectivity index (χ0v) is 35.7. The molecule has 0 atom stereocenters. The van der Waals surface area contributed by atoms with Gasteiger partial charge in [0.05, 0.1) is 33.5 Å². The van der Waals surface area contributed by atoms with Crippen LogP contribution in [0.5, 0.6) is 0 Å². The second kappa shape index (κ2) is 14.3. The number of nitrogens with zero attached hydrogens (tertiary/aromatic N) is 4. The van der Waals surface area contributed by atoms with E-state index in [0.717, 1.165) is 50.5 Å². The summed E-state index contributed by atoms with van der Waals surface area (Å²) in [5.74, 6) is 0.705. The molecule has 0 saturated heterocycles. The standard InChI is InChI=1S/C62H38N4/c1-4-16-39(17-5-1)54-38-55(64-62(63-54)40-18-6-2-7-19-40)43-20-14-23-45(34-43)66-56-29-13-12-26-48(56)51-35-41(30-32-57(51)66)42-31-33-58-53(36-42)61-50-28-15-27-49-46-24-10-11-25-47(46)52(60(49)50)37-59(61)65(58)44-21-8-3-9-22-44/h1-38H. The van der Waals surface area contributed by atoms with Crippen LogP contribution in [-0.4, -0.2) is 19.1 Å². The monoisotopic (exact) mass is 838 g/mol. The minimum Gasteiger partial charge on any atom is -0.309 e. The van der Waals surface area contributed by atoms with Gasteiger partial charge in [-0.05, 0) is 111 Å². The summed E-state index contributed by atoms with van der Waals surface area (Å²) in [4.78, 5) is 10.2. The van der Waals surface area contributed by atoms with Gasteiger partial charge >= 0.3 is 0 Å². The second-order valence-electron chi connectivity index (χ2n) is 17.3. The predicted molar refractivity (Wildman–Crippen MR) is 274 cm³/mol. The Morgan fingerprint density at radius 3 is 1.56 bits per heavy atom. The molecule has 3 heterocycles. The topological polar surface area (TPSA) is 35.6 Å². The predicted octanol–water partition coefficient (Wildman–Crippen LogP) is 16.1. The average molecular weight is 839 g/mol. The van der Waals surface area contributed by atoms with E-state index in [9.17, 15) is 0 Å². The third kappa shape index (κ3) is 5.52. The zero-order valence-electron chi connectivity index (χ0n) is 35.7. The number of hydrogen-bond acceptors (Lipinski definition) is 2. The van der Waals surface area contributed by atoms with E-state index in [0.29, 0.717) is 5.82 Å². The molecular weight excluding hydrogens is 801 g/mol. The lowest BCUT2D eigenvalue weighted by molar-refractivity contribution is 1.16. The van der Waals surface area contributed by atoms with Crippen LogP contribution in [0.4, 0.5) is 0 Å². The highest BCUT2D eigenvalue weighted by atomic mass is 15.0. The first-order chi connectivity index (χ1) is 32.7. The van der Waals surface area contributed by atoms with Crippen LogP contribution >= 0.6 is 0 Å². The summed E-state index contributed by atoms with van der Waals surface area (Å²) in [6.45, 7) is 0. The number of benzene rings is 10. The summed E-state index contributed by atoms with van der Waals surface area (Å²) >= 11 is 0. The van der Waals surface area contributed by atoms with Gasteiger partial charge in [0.15, 0.2) is 5.82 Å². The van der Waals surface area contributed by atoms with Crippen LogP contribution in [0, 0.1) is 0 Å². The molecule has 0 saturated carbocycles. The lowest BCUT2D eigenvalue weighted by Crippen LogP contribution is -1.97. The highest BCUT2D eigenvalue weighted by Crippen LogP contribution is 2.51. The molecule has 306 valence electrons. The molecule has 0 radical (unpaired) electrons. The van der Waals surface area contributed by atoms with Gasteiger partial charge in [0.1, 0.15) is 0 Å². The number of para-hydroxylation sites is 2. The number of aromatic nitrogens is 4. The maximum Gasteiger partial charge on any atom is 0.160 e. The van der Waals surface area contributed by atoms with Gasteiger partial charge in [-0.3, -0.25) is 0 Å². The first kappa shape index (κ1) is 36.6. The SMILES string of the molecule is c1ccc(-c2cc(-c3cccc(-n4c5ccccc5c5cc(-c6ccc7c(c6)c6c8cccc9c8c(cc6n7-c6ccccc6)-c6ccccc6-9)ccc54)c3)nc(-c3ccccc3)n2)cc1. The van der Waals surface area contributed by atoms with Crippen molar-refractivity contribution < 1.29 is 0 Å². The molecular formula is C62H38N4. The lowest BCUT2D eigenvalue weighted by atomic mass is 9.96. The average Bonchev–Trinajstić information content (AvgIpc) is 4.03. The summed E-state index contributed by atoms with van der Waals surface area (Å²) in [6, 6.07) is 83.2. The maximum atomic E-state index is 5.17. The van der Waals surface area contributed by atoms with Crippen molar-refractivity contribution in [2.24, 2.45) is 0 Å². The fraction of sp³-hybridized carbons (Fsp3) is 0. The zero-order chi connectivity index (χ0) is 43.3. The molecule has 3 aromatic heterocycles. The molecule has 0 bridgehead atoms. The van der Waals surface area contributed by atoms with Gasteiger partial charge in [-0.2, -0.15) is 0 Å². The first-order valence-electron chi connectivity index (χ1n) is 22.6. The Labute approximate surface area is 381 Å². The van der Waals surface area contributed by atoms with Gasteiger partial charge in [0, 0.05) is 49.6 Å². The van der Waals surface area contributed by atoms with Crippen LogP contribution in [-0.2, 0) is 0 Å². The van der Waals surface area contributed by atoms with Crippen LogP contribution in [0.2, 0.25) is 0 Å².